The van der Waals surface area contributed by atoms with Crippen molar-refractivity contribution < 1.29 is 4.42 Å². The first-order valence-electron chi connectivity index (χ1n) is 11.2. The third-order valence-corrected chi connectivity index (χ3v) is 6.98. The fourth-order valence-corrected chi connectivity index (χ4v) is 5.49. The Balaban J connectivity index is 1.49. The molecule has 8 rings (SSSR count). The molecule has 152 valence electrons. The molecule has 0 radical (unpaired) electrons. The molecule has 0 saturated carbocycles. The van der Waals surface area contributed by atoms with Gasteiger partial charge in [-0.05, 0) is 45.8 Å². The molecule has 33 heavy (non-hydrogen) atoms. The van der Waals surface area contributed by atoms with E-state index >= 15 is 0 Å². The normalized spacial score (nSPS) is 12.2. The summed E-state index contributed by atoms with van der Waals surface area (Å²) in [5.74, 6) is 0. The Hall–Kier alpha value is -4.43. The van der Waals surface area contributed by atoms with Crippen molar-refractivity contribution in [3.8, 4) is 11.3 Å². The van der Waals surface area contributed by atoms with E-state index < -0.39 is 0 Å². The van der Waals surface area contributed by atoms with Crippen molar-refractivity contribution >= 4 is 65.2 Å². The summed E-state index contributed by atoms with van der Waals surface area (Å²) in [6.45, 7) is 0. The fourth-order valence-electron chi connectivity index (χ4n) is 5.49. The van der Waals surface area contributed by atoms with Crippen molar-refractivity contribution in [1.29, 1.82) is 0 Å². The van der Waals surface area contributed by atoms with Crippen LogP contribution < -0.4 is 0 Å². The van der Waals surface area contributed by atoms with Gasteiger partial charge in [0.05, 0.1) is 11.2 Å². The quantitative estimate of drug-likeness (QED) is 0.249. The molecule has 0 spiro atoms. The average molecular weight is 419 g/mol. The Bertz CT molecular complexity index is 2030. The van der Waals surface area contributed by atoms with E-state index in [1.54, 1.807) is 0 Å². The SMILES string of the molecule is c1ccc2nc(-c3ccc4c(c3)oc3c5cccc6ccc7cccc(c43)c7c65)ccc2c1. The molecule has 0 unspecified atom stereocenters. The lowest BCUT2D eigenvalue weighted by atomic mass is 9.91. The van der Waals surface area contributed by atoms with Gasteiger partial charge in [-0.1, -0.05) is 78.9 Å². The highest BCUT2D eigenvalue weighted by Crippen LogP contribution is 2.44. The first-order chi connectivity index (χ1) is 16.3. The highest BCUT2D eigenvalue weighted by atomic mass is 16.3. The van der Waals surface area contributed by atoms with Crippen molar-refractivity contribution in [3.05, 3.63) is 103 Å². The van der Waals surface area contributed by atoms with Crippen molar-refractivity contribution in [2.24, 2.45) is 0 Å². The van der Waals surface area contributed by atoms with Crippen LogP contribution in [0.1, 0.15) is 0 Å². The van der Waals surface area contributed by atoms with Crippen molar-refractivity contribution in [2.75, 3.05) is 0 Å². The van der Waals surface area contributed by atoms with Gasteiger partial charge in [-0.3, -0.25) is 0 Å². The molecule has 0 aliphatic rings. The standard InChI is InChI=1S/C31H17NO/c1-2-10-25-18(5-1)14-16-26(32-25)21-13-15-22-27(17-21)33-31-24-9-4-7-20-12-11-19-6-3-8-23(30(22)31)28(19)29(20)24/h1-17H. The van der Waals surface area contributed by atoms with Crippen molar-refractivity contribution in [1.82, 2.24) is 4.98 Å². The number of nitrogens with zero attached hydrogens (tertiary/aromatic N) is 1. The molecule has 0 fully saturated rings. The van der Waals surface area contributed by atoms with Crippen molar-refractivity contribution in [2.45, 2.75) is 0 Å². The van der Waals surface area contributed by atoms with Crippen LogP contribution in [0, 0.1) is 0 Å². The van der Waals surface area contributed by atoms with E-state index in [0.29, 0.717) is 0 Å². The minimum absolute atomic E-state index is 0.897. The van der Waals surface area contributed by atoms with Crippen LogP contribution >= 0.6 is 0 Å². The Morgan fingerprint density at radius 3 is 2.12 bits per heavy atom. The van der Waals surface area contributed by atoms with Gasteiger partial charge in [0.25, 0.3) is 0 Å². The second kappa shape index (κ2) is 6.08. The summed E-state index contributed by atoms with van der Waals surface area (Å²) < 4.78 is 6.59. The summed E-state index contributed by atoms with van der Waals surface area (Å²) in [7, 11) is 0. The Kier molecular flexibility index (Phi) is 3.16. The second-order valence-electron chi connectivity index (χ2n) is 8.78. The van der Waals surface area contributed by atoms with E-state index in [4.69, 9.17) is 9.40 Å². The third kappa shape index (κ3) is 2.25. The van der Waals surface area contributed by atoms with Gasteiger partial charge in [0.1, 0.15) is 11.2 Å². The molecule has 2 nitrogen and oxygen atoms in total. The van der Waals surface area contributed by atoms with Crippen LogP contribution in [-0.2, 0) is 0 Å². The first kappa shape index (κ1) is 17.2. The van der Waals surface area contributed by atoms with E-state index in [9.17, 15) is 0 Å². The van der Waals surface area contributed by atoms with E-state index in [2.05, 4.69) is 91.0 Å². The maximum absolute atomic E-state index is 6.59. The molecular formula is C31H17NO. The monoisotopic (exact) mass is 419 g/mol. The van der Waals surface area contributed by atoms with Crippen LogP contribution in [0.5, 0.6) is 0 Å². The predicted octanol–water partition coefficient (Wildman–Crippen LogP) is 8.70. The van der Waals surface area contributed by atoms with Crippen LogP contribution in [0.4, 0.5) is 0 Å². The summed E-state index contributed by atoms with van der Waals surface area (Å²) in [6.07, 6.45) is 0. The van der Waals surface area contributed by atoms with Gasteiger partial charge in [0, 0.05) is 32.5 Å². The number of furan rings is 1. The van der Waals surface area contributed by atoms with Crippen LogP contribution in [0.25, 0.3) is 76.4 Å². The highest BCUT2D eigenvalue weighted by Gasteiger charge is 2.18. The van der Waals surface area contributed by atoms with Crippen LogP contribution in [-0.4, -0.2) is 4.98 Å². The lowest BCUT2D eigenvalue weighted by Crippen LogP contribution is -1.85. The molecule has 8 aromatic rings. The molecule has 0 bridgehead atoms. The smallest absolute Gasteiger partial charge is 0.143 e. The summed E-state index contributed by atoms with van der Waals surface area (Å²) >= 11 is 0. The van der Waals surface area contributed by atoms with Gasteiger partial charge < -0.3 is 4.42 Å². The zero-order valence-electron chi connectivity index (χ0n) is 17.7. The minimum Gasteiger partial charge on any atom is -0.455 e. The summed E-state index contributed by atoms with van der Waals surface area (Å²) in [6, 6.07) is 36.4. The third-order valence-electron chi connectivity index (χ3n) is 6.98. The zero-order valence-corrected chi connectivity index (χ0v) is 17.7. The number of hydrogen-bond acceptors (Lipinski definition) is 2. The van der Waals surface area contributed by atoms with Crippen molar-refractivity contribution in [3.63, 3.8) is 0 Å². The second-order valence-corrected chi connectivity index (χ2v) is 8.78. The molecule has 0 aliphatic carbocycles. The molecule has 2 heteroatoms. The molecule has 0 N–H and O–H groups in total. The number of pyridine rings is 1. The predicted molar refractivity (Wildman–Crippen MR) is 138 cm³/mol. The fraction of sp³-hybridized carbons (Fsp3) is 0. The van der Waals surface area contributed by atoms with E-state index in [0.717, 1.165) is 38.7 Å². The molecule has 2 heterocycles. The number of fused-ring (bicyclic) bond motifs is 6. The van der Waals surface area contributed by atoms with E-state index in [1.807, 2.05) is 12.1 Å². The van der Waals surface area contributed by atoms with Gasteiger partial charge in [-0.15, -0.1) is 0 Å². The number of hydrogen-bond donors (Lipinski definition) is 0. The molecule has 0 amide bonds. The maximum Gasteiger partial charge on any atom is 0.143 e. The van der Waals surface area contributed by atoms with Gasteiger partial charge in [0.15, 0.2) is 0 Å². The van der Waals surface area contributed by atoms with Gasteiger partial charge in [-0.25, -0.2) is 4.98 Å². The van der Waals surface area contributed by atoms with Gasteiger partial charge in [-0.2, -0.15) is 0 Å². The summed E-state index contributed by atoms with van der Waals surface area (Å²) in [4.78, 5) is 4.89. The molecule has 0 atom stereocenters. The lowest BCUT2D eigenvalue weighted by Gasteiger charge is -2.11. The topological polar surface area (TPSA) is 26.0 Å². The first-order valence-corrected chi connectivity index (χ1v) is 11.2. The highest BCUT2D eigenvalue weighted by molar-refractivity contribution is 6.36. The molecule has 0 aliphatic heterocycles. The van der Waals surface area contributed by atoms with E-state index in [-0.39, 0.29) is 0 Å². The summed E-state index contributed by atoms with van der Waals surface area (Å²) in [5, 5.41) is 11.0. The molecule has 6 aromatic carbocycles. The van der Waals surface area contributed by atoms with Gasteiger partial charge >= 0.3 is 0 Å². The number of benzene rings is 6. The zero-order chi connectivity index (χ0) is 21.5. The summed E-state index contributed by atoms with van der Waals surface area (Å²) in [5.41, 5.74) is 4.88. The maximum atomic E-state index is 6.59. The minimum atomic E-state index is 0.897. The Morgan fingerprint density at radius 2 is 1.24 bits per heavy atom. The van der Waals surface area contributed by atoms with Gasteiger partial charge in [0.2, 0.25) is 0 Å². The molecule has 0 saturated heterocycles. The largest absolute Gasteiger partial charge is 0.455 e. The lowest BCUT2D eigenvalue weighted by molar-refractivity contribution is 0.673. The number of para-hydroxylation sites is 1. The molecule has 2 aromatic heterocycles. The van der Waals surface area contributed by atoms with Crippen LogP contribution in [0.15, 0.2) is 108 Å². The average Bonchev–Trinajstić information content (AvgIpc) is 3.27. The Morgan fingerprint density at radius 1 is 0.515 bits per heavy atom. The number of aromatic nitrogens is 1. The Labute approximate surface area is 189 Å². The van der Waals surface area contributed by atoms with E-state index in [1.165, 1.54) is 37.7 Å². The van der Waals surface area contributed by atoms with Crippen LogP contribution in [0.3, 0.4) is 0 Å². The number of rotatable bonds is 1. The van der Waals surface area contributed by atoms with Crippen LogP contribution in [0.2, 0.25) is 0 Å². The molecular weight excluding hydrogens is 402 g/mol.